The largest absolute Gasteiger partial charge is 0.468 e. The lowest BCUT2D eigenvalue weighted by Gasteiger charge is -2.09. The first-order chi connectivity index (χ1) is 6.24. The molecule has 0 aromatic rings. The Balaban J connectivity index is 0.00000169. The van der Waals surface area contributed by atoms with Crippen LogP contribution in [0.5, 0.6) is 0 Å². The Hall–Kier alpha value is -0.810. The Bertz CT molecular complexity index is 205. The van der Waals surface area contributed by atoms with Crippen LogP contribution in [0.25, 0.3) is 0 Å². The summed E-state index contributed by atoms with van der Waals surface area (Å²) in [6.45, 7) is 0.823. The van der Waals surface area contributed by atoms with Gasteiger partial charge in [-0.15, -0.1) is 12.4 Å². The number of rotatable bonds is 3. The third kappa shape index (κ3) is 3.93. The summed E-state index contributed by atoms with van der Waals surface area (Å²) in [5, 5.41) is 5.53. The minimum absolute atomic E-state index is 0. The predicted octanol–water partition coefficient (Wildman–Crippen LogP) is -0.551. The molecule has 1 amide bonds. The lowest BCUT2D eigenvalue weighted by molar-refractivity contribution is -0.141. The van der Waals surface area contributed by atoms with Gasteiger partial charge in [0.05, 0.1) is 13.2 Å². The molecule has 0 spiro atoms. The number of methoxy groups -OCH3 is 1. The number of hydrogen-bond acceptors (Lipinski definition) is 4. The SMILES string of the molecule is COC(=O)CNC(=O)[C@@H]1CCCN1.Cl. The molecule has 0 saturated carbocycles. The average molecular weight is 223 g/mol. The van der Waals surface area contributed by atoms with Crippen LogP contribution in [0.1, 0.15) is 12.8 Å². The van der Waals surface area contributed by atoms with Gasteiger partial charge in [0.1, 0.15) is 6.54 Å². The van der Waals surface area contributed by atoms with E-state index >= 15 is 0 Å². The Morgan fingerprint density at radius 2 is 2.29 bits per heavy atom. The highest BCUT2D eigenvalue weighted by Gasteiger charge is 2.21. The molecule has 1 atom stereocenters. The van der Waals surface area contributed by atoms with Gasteiger partial charge in [-0.1, -0.05) is 0 Å². The van der Waals surface area contributed by atoms with Crippen molar-refractivity contribution in [2.45, 2.75) is 18.9 Å². The molecule has 5 nitrogen and oxygen atoms in total. The molecule has 0 bridgehead atoms. The molecule has 0 aromatic carbocycles. The first-order valence-electron chi connectivity index (χ1n) is 4.32. The van der Waals surface area contributed by atoms with E-state index < -0.39 is 5.97 Å². The third-order valence-electron chi connectivity index (χ3n) is 2.01. The molecule has 0 unspecified atom stereocenters. The standard InChI is InChI=1S/C8H14N2O3.ClH/c1-13-7(11)5-10-8(12)6-3-2-4-9-6;/h6,9H,2-5H2,1H3,(H,10,12);1H/t6-;/m0./s1. The van der Waals surface area contributed by atoms with Crippen LogP contribution < -0.4 is 10.6 Å². The van der Waals surface area contributed by atoms with Crippen molar-refractivity contribution in [2.75, 3.05) is 20.2 Å². The van der Waals surface area contributed by atoms with Gasteiger partial charge < -0.3 is 15.4 Å². The summed E-state index contributed by atoms with van der Waals surface area (Å²) in [7, 11) is 1.29. The van der Waals surface area contributed by atoms with E-state index in [0.29, 0.717) is 0 Å². The Morgan fingerprint density at radius 1 is 1.57 bits per heavy atom. The van der Waals surface area contributed by atoms with Crippen molar-refractivity contribution in [2.24, 2.45) is 0 Å². The fourth-order valence-electron chi connectivity index (χ4n) is 1.26. The predicted molar refractivity (Wildman–Crippen MR) is 53.3 cm³/mol. The molecule has 82 valence electrons. The van der Waals surface area contributed by atoms with Crippen LogP contribution in [0, 0.1) is 0 Å². The zero-order chi connectivity index (χ0) is 9.68. The smallest absolute Gasteiger partial charge is 0.325 e. The van der Waals surface area contributed by atoms with Crippen LogP contribution in [0.3, 0.4) is 0 Å². The number of amides is 1. The third-order valence-corrected chi connectivity index (χ3v) is 2.01. The van der Waals surface area contributed by atoms with Crippen LogP contribution in [-0.2, 0) is 14.3 Å². The highest BCUT2D eigenvalue weighted by Crippen LogP contribution is 2.03. The van der Waals surface area contributed by atoms with Crippen molar-refractivity contribution in [3.63, 3.8) is 0 Å². The van der Waals surface area contributed by atoms with E-state index in [1.807, 2.05) is 0 Å². The molecule has 1 saturated heterocycles. The van der Waals surface area contributed by atoms with E-state index in [-0.39, 0.29) is 30.9 Å². The molecule has 1 rings (SSSR count). The van der Waals surface area contributed by atoms with E-state index in [0.717, 1.165) is 19.4 Å². The monoisotopic (exact) mass is 222 g/mol. The van der Waals surface area contributed by atoms with Crippen molar-refractivity contribution in [1.82, 2.24) is 10.6 Å². The van der Waals surface area contributed by atoms with E-state index in [9.17, 15) is 9.59 Å². The topological polar surface area (TPSA) is 67.4 Å². The number of nitrogens with one attached hydrogen (secondary N) is 2. The van der Waals surface area contributed by atoms with E-state index in [4.69, 9.17) is 0 Å². The van der Waals surface area contributed by atoms with Gasteiger partial charge >= 0.3 is 5.97 Å². The molecule has 1 aliphatic heterocycles. The van der Waals surface area contributed by atoms with Crippen molar-refractivity contribution < 1.29 is 14.3 Å². The minimum Gasteiger partial charge on any atom is -0.468 e. The second-order valence-electron chi connectivity index (χ2n) is 2.94. The van der Waals surface area contributed by atoms with Crippen molar-refractivity contribution in [3.8, 4) is 0 Å². The molecule has 2 N–H and O–H groups in total. The second kappa shape index (κ2) is 6.62. The summed E-state index contributed by atoms with van der Waals surface area (Å²) in [4.78, 5) is 22.0. The second-order valence-corrected chi connectivity index (χ2v) is 2.94. The molecule has 0 aromatic heterocycles. The molecule has 1 heterocycles. The zero-order valence-corrected chi connectivity index (χ0v) is 8.86. The molecule has 0 radical (unpaired) electrons. The molecule has 1 aliphatic rings. The van der Waals surface area contributed by atoms with Crippen molar-refractivity contribution >= 4 is 24.3 Å². The number of hydrogen-bond donors (Lipinski definition) is 2. The van der Waals surface area contributed by atoms with Crippen LogP contribution >= 0.6 is 12.4 Å². The molecule has 1 fully saturated rings. The fraction of sp³-hybridized carbons (Fsp3) is 0.750. The lowest BCUT2D eigenvalue weighted by atomic mass is 10.2. The Morgan fingerprint density at radius 3 is 2.79 bits per heavy atom. The van der Waals surface area contributed by atoms with Crippen LogP contribution in [0.2, 0.25) is 0 Å². The van der Waals surface area contributed by atoms with Gasteiger partial charge in [0.15, 0.2) is 0 Å². The minimum atomic E-state index is -0.425. The maximum atomic E-state index is 11.3. The first kappa shape index (κ1) is 13.2. The highest BCUT2D eigenvalue weighted by molar-refractivity contribution is 5.86. The maximum Gasteiger partial charge on any atom is 0.325 e. The van der Waals surface area contributed by atoms with Crippen molar-refractivity contribution in [3.05, 3.63) is 0 Å². The Labute approximate surface area is 89.0 Å². The first-order valence-corrected chi connectivity index (χ1v) is 4.32. The Kier molecular flexibility index (Phi) is 6.23. The van der Waals surface area contributed by atoms with Gasteiger partial charge in [0, 0.05) is 0 Å². The zero-order valence-electron chi connectivity index (χ0n) is 8.04. The van der Waals surface area contributed by atoms with Crippen LogP contribution in [0.15, 0.2) is 0 Å². The maximum absolute atomic E-state index is 11.3. The number of carbonyl (C=O) groups excluding carboxylic acids is 2. The van der Waals surface area contributed by atoms with Crippen molar-refractivity contribution in [1.29, 1.82) is 0 Å². The summed E-state index contributed by atoms with van der Waals surface area (Å²) in [5.74, 6) is -0.547. The summed E-state index contributed by atoms with van der Waals surface area (Å²) in [6.07, 6.45) is 1.85. The summed E-state index contributed by atoms with van der Waals surface area (Å²) in [5.41, 5.74) is 0. The lowest BCUT2D eigenvalue weighted by Crippen LogP contribution is -2.42. The van der Waals surface area contributed by atoms with Gasteiger partial charge in [-0.05, 0) is 19.4 Å². The fourth-order valence-corrected chi connectivity index (χ4v) is 1.26. The number of esters is 1. The van der Waals surface area contributed by atoms with Crippen LogP contribution in [-0.4, -0.2) is 38.1 Å². The molecule has 6 heteroatoms. The van der Waals surface area contributed by atoms with E-state index in [1.54, 1.807) is 0 Å². The summed E-state index contributed by atoms with van der Waals surface area (Å²) < 4.78 is 4.39. The number of carbonyl (C=O) groups is 2. The molecule has 0 aliphatic carbocycles. The summed E-state index contributed by atoms with van der Waals surface area (Å²) >= 11 is 0. The number of halogens is 1. The highest BCUT2D eigenvalue weighted by atomic mass is 35.5. The van der Waals surface area contributed by atoms with Gasteiger partial charge in [0.25, 0.3) is 0 Å². The van der Waals surface area contributed by atoms with E-state index in [1.165, 1.54) is 7.11 Å². The van der Waals surface area contributed by atoms with Gasteiger partial charge in [-0.3, -0.25) is 9.59 Å². The van der Waals surface area contributed by atoms with Gasteiger partial charge in [-0.25, -0.2) is 0 Å². The number of ether oxygens (including phenoxy) is 1. The average Bonchev–Trinajstić information content (AvgIpc) is 2.66. The quantitative estimate of drug-likeness (QED) is 0.629. The molecular formula is C8H15ClN2O3. The van der Waals surface area contributed by atoms with Gasteiger partial charge in [0.2, 0.25) is 5.91 Å². The van der Waals surface area contributed by atoms with E-state index in [2.05, 4.69) is 15.4 Å². The van der Waals surface area contributed by atoms with Gasteiger partial charge in [-0.2, -0.15) is 0 Å². The molecule has 14 heavy (non-hydrogen) atoms. The normalized spacial score (nSPS) is 19.6. The summed E-state index contributed by atoms with van der Waals surface area (Å²) in [6, 6.07) is -0.135. The van der Waals surface area contributed by atoms with Crippen LogP contribution in [0.4, 0.5) is 0 Å². The molecular weight excluding hydrogens is 208 g/mol.